The molecule has 0 saturated carbocycles. The Morgan fingerprint density at radius 1 is 1.13 bits per heavy atom. The lowest BCUT2D eigenvalue weighted by molar-refractivity contribution is 0.0507. The van der Waals surface area contributed by atoms with Crippen LogP contribution in [0.2, 0.25) is 0 Å². The first-order chi connectivity index (χ1) is 14.2. The van der Waals surface area contributed by atoms with Crippen molar-refractivity contribution in [3.63, 3.8) is 0 Å². The number of carbonyl (C=O) groups excluding carboxylic acids is 2. The van der Waals surface area contributed by atoms with Crippen molar-refractivity contribution in [1.29, 1.82) is 0 Å². The molecule has 0 saturated heterocycles. The molecule has 0 radical (unpaired) electrons. The van der Waals surface area contributed by atoms with Crippen LogP contribution in [0.5, 0.6) is 17.2 Å². The van der Waals surface area contributed by atoms with Crippen molar-refractivity contribution in [3.05, 3.63) is 36.0 Å². The first kappa shape index (κ1) is 23.1. The lowest BCUT2D eigenvalue weighted by Crippen LogP contribution is -2.34. The molecule has 30 heavy (non-hydrogen) atoms. The fourth-order valence-corrected chi connectivity index (χ4v) is 2.58. The van der Waals surface area contributed by atoms with E-state index in [9.17, 15) is 9.59 Å². The summed E-state index contributed by atoms with van der Waals surface area (Å²) in [5.74, 6) is 0.0984. The van der Waals surface area contributed by atoms with E-state index in [4.69, 9.17) is 23.4 Å². The zero-order valence-electron chi connectivity index (χ0n) is 18.1. The lowest BCUT2D eigenvalue weighted by Gasteiger charge is -2.24. The number of aromatic nitrogens is 1. The normalized spacial score (nSPS) is 12.1. The van der Waals surface area contributed by atoms with E-state index in [0.29, 0.717) is 24.5 Å². The van der Waals surface area contributed by atoms with Gasteiger partial charge in [0.05, 0.1) is 19.3 Å². The van der Waals surface area contributed by atoms with Gasteiger partial charge in [-0.25, -0.2) is 14.6 Å². The van der Waals surface area contributed by atoms with Gasteiger partial charge in [0, 0.05) is 5.56 Å². The zero-order chi connectivity index (χ0) is 22.3. The van der Waals surface area contributed by atoms with Crippen molar-refractivity contribution in [3.8, 4) is 17.2 Å². The molecular weight excluding hydrogens is 392 g/mol. The number of rotatable bonds is 8. The summed E-state index contributed by atoms with van der Waals surface area (Å²) >= 11 is 0. The molecule has 1 N–H and O–H groups in total. The first-order valence-corrected chi connectivity index (χ1v) is 9.68. The van der Waals surface area contributed by atoms with Crippen LogP contribution < -0.4 is 19.5 Å². The summed E-state index contributed by atoms with van der Waals surface area (Å²) in [6.45, 7) is 11.4. The fourth-order valence-electron chi connectivity index (χ4n) is 2.58. The summed E-state index contributed by atoms with van der Waals surface area (Å²) in [5.41, 5.74) is 0.0502. The number of amides is 1. The summed E-state index contributed by atoms with van der Waals surface area (Å²) < 4.78 is 27.1. The average Bonchev–Trinajstić information content (AvgIpc) is 3.17. The quantitative estimate of drug-likeness (QED) is 0.498. The van der Waals surface area contributed by atoms with Gasteiger partial charge in [-0.2, -0.15) is 0 Å². The highest BCUT2D eigenvalue weighted by Gasteiger charge is 2.25. The SMILES string of the molecule is CCOc1c(OC(=O)c2cocn2)ccc([C@H](C)NC(=O)OC(C)(C)C)c1OCC. The van der Waals surface area contributed by atoms with Gasteiger partial charge in [0.15, 0.2) is 23.6 Å². The minimum atomic E-state index is -0.695. The Bertz CT molecular complexity index is 857. The molecule has 0 spiro atoms. The van der Waals surface area contributed by atoms with Crippen LogP contribution in [0.4, 0.5) is 4.79 Å². The first-order valence-electron chi connectivity index (χ1n) is 9.68. The Morgan fingerprint density at radius 3 is 2.37 bits per heavy atom. The highest BCUT2D eigenvalue weighted by molar-refractivity contribution is 5.89. The maximum absolute atomic E-state index is 12.3. The van der Waals surface area contributed by atoms with Gasteiger partial charge in [0.1, 0.15) is 11.9 Å². The maximum atomic E-state index is 12.3. The number of hydrogen-bond donors (Lipinski definition) is 1. The van der Waals surface area contributed by atoms with Crippen LogP contribution in [-0.4, -0.2) is 35.9 Å². The van der Waals surface area contributed by atoms with Gasteiger partial charge in [-0.05, 0) is 53.7 Å². The molecule has 0 aliphatic heterocycles. The minimum Gasteiger partial charge on any atom is -0.489 e. The third-order valence-electron chi connectivity index (χ3n) is 3.73. The molecule has 1 atom stereocenters. The number of alkyl carbamates (subject to hydrolysis) is 1. The minimum absolute atomic E-state index is 0.0273. The van der Waals surface area contributed by atoms with E-state index in [-0.39, 0.29) is 17.2 Å². The van der Waals surface area contributed by atoms with Crippen molar-refractivity contribution in [1.82, 2.24) is 10.3 Å². The third kappa shape index (κ3) is 6.13. The second kappa shape index (κ2) is 10.00. The van der Waals surface area contributed by atoms with Crippen LogP contribution in [0.3, 0.4) is 0 Å². The number of oxazole rings is 1. The van der Waals surface area contributed by atoms with Gasteiger partial charge in [0.25, 0.3) is 0 Å². The van der Waals surface area contributed by atoms with Gasteiger partial charge in [-0.1, -0.05) is 0 Å². The molecule has 2 aromatic rings. The molecule has 0 bridgehead atoms. The number of esters is 1. The van der Waals surface area contributed by atoms with Crippen LogP contribution in [0, 0.1) is 0 Å². The second-order valence-corrected chi connectivity index (χ2v) is 7.31. The zero-order valence-corrected chi connectivity index (χ0v) is 18.1. The molecule has 1 aromatic carbocycles. The van der Waals surface area contributed by atoms with Gasteiger partial charge in [-0.15, -0.1) is 0 Å². The Hall–Kier alpha value is -3.23. The van der Waals surface area contributed by atoms with Crippen LogP contribution in [0.15, 0.2) is 29.2 Å². The second-order valence-electron chi connectivity index (χ2n) is 7.31. The highest BCUT2D eigenvalue weighted by Crippen LogP contribution is 2.43. The molecule has 9 heteroatoms. The third-order valence-corrected chi connectivity index (χ3v) is 3.73. The van der Waals surface area contributed by atoms with E-state index < -0.39 is 23.7 Å². The summed E-state index contributed by atoms with van der Waals surface area (Å²) in [6.07, 6.45) is 1.77. The number of ether oxygens (including phenoxy) is 4. The summed E-state index contributed by atoms with van der Waals surface area (Å²) in [5, 5.41) is 2.78. The number of hydrogen-bond acceptors (Lipinski definition) is 8. The van der Waals surface area contributed by atoms with E-state index in [2.05, 4.69) is 10.3 Å². The van der Waals surface area contributed by atoms with E-state index in [1.165, 1.54) is 6.26 Å². The largest absolute Gasteiger partial charge is 0.489 e. The number of nitrogens with zero attached hydrogens (tertiary/aromatic N) is 1. The van der Waals surface area contributed by atoms with Crippen molar-refractivity contribution in [2.45, 2.75) is 53.2 Å². The van der Waals surface area contributed by atoms with E-state index in [1.807, 2.05) is 6.92 Å². The Balaban J connectivity index is 2.35. The van der Waals surface area contributed by atoms with Crippen molar-refractivity contribution in [2.75, 3.05) is 13.2 Å². The van der Waals surface area contributed by atoms with E-state index >= 15 is 0 Å². The standard InChI is InChI=1S/C21H28N2O7/c1-7-27-17-14(13(3)23-20(25)30-21(4,5)6)9-10-16(18(17)28-8-2)29-19(24)15-11-26-12-22-15/h9-13H,7-8H2,1-6H3,(H,23,25)/t13-/m0/s1. The predicted molar refractivity (Wildman–Crippen MR) is 108 cm³/mol. The van der Waals surface area contributed by atoms with Gasteiger partial charge < -0.3 is 28.7 Å². The highest BCUT2D eigenvalue weighted by atomic mass is 16.6. The summed E-state index contributed by atoms with van der Waals surface area (Å²) in [6, 6.07) is 2.82. The number of benzene rings is 1. The Morgan fingerprint density at radius 2 is 1.80 bits per heavy atom. The maximum Gasteiger partial charge on any atom is 0.408 e. The van der Waals surface area contributed by atoms with Crippen LogP contribution in [0.25, 0.3) is 0 Å². The van der Waals surface area contributed by atoms with E-state index in [0.717, 1.165) is 6.39 Å². The molecule has 0 fully saturated rings. The molecule has 0 aliphatic rings. The molecule has 0 unspecified atom stereocenters. The van der Waals surface area contributed by atoms with Crippen LogP contribution in [0.1, 0.15) is 63.6 Å². The molecule has 9 nitrogen and oxygen atoms in total. The molecule has 1 heterocycles. The molecule has 164 valence electrons. The number of nitrogens with one attached hydrogen (secondary N) is 1. The molecular formula is C21H28N2O7. The smallest absolute Gasteiger partial charge is 0.408 e. The van der Waals surface area contributed by atoms with Crippen molar-refractivity contribution >= 4 is 12.1 Å². The number of carbonyl (C=O) groups is 2. The molecule has 1 amide bonds. The average molecular weight is 420 g/mol. The lowest BCUT2D eigenvalue weighted by atomic mass is 10.1. The predicted octanol–water partition coefficient (Wildman–Crippen LogP) is 4.28. The van der Waals surface area contributed by atoms with Gasteiger partial charge >= 0.3 is 12.1 Å². The van der Waals surface area contributed by atoms with Crippen LogP contribution >= 0.6 is 0 Å². The molecule has 0 aliphatic carbocycles. The van der Waals surface area contributed by atoms with Crippen molar-refractivity contribution in [2.24, 2.45) is 0 Å². The Labute approximate surface area is 175 Å². The Kier molecular flexibility index (Phi) is 7.68. The molecule has 2 rings (SSSR count). The summed E-state index contributed by atoms with van der Waals surface area (Å²) in [7, 11) is 0. The van der Waals surface area contributed by atoms with Gasteiger partial charge in [-0.3, -0.25) is 0 Å². The van der Waals surface area contributed by atoms with Crippen LogP contribution in [-0.2, 0) is 4.74 Å². The monoisotopic (exact) mass is 420 g/mol. The summed E-state index contributed by atoms with van der Waals surface area (Å²) in [4.78, 5) is 28.2. The van der Waals surface area contributed by atoms with Gasteiger partial charge in [0.2, 0.25) is 5.75 Å². The topological polar surface area (TPSA) is 109 Å². The van der Waals surface area contributed by atoms with Crippen molar-refractivity contribution < 1.29 is 33.0 Å². The molecule has 1 aromatic heterocycles. The van der Waals surface area contributed by atoms with E-state index in [1.54, 1.807) is 46.8 Å². The fraction of sp³-hybridized carbons (Fsp3) is 0.476.